The number of carbonyl (C=O) groups is 1. The summed E-state index contributed by atoms with van der Waals surface area (Å²) < 4.78 is 0.734. The number of halogens is 2. The second-order valence-electron chi connectivity index (χ2n) is 3.80. The van der Waals surface area contributed by atoms with E-state index < -0.39 is 0 Å². The average Bonchev–Trinajstić information content (AvgIpc) is 2.32. The molecule has 0 fully saturated rings. The van der Waals surface area contributed by atoms with Crippen LogP contribution in [-0.4, -0.2) is 5.78 Å². The SMILES string of the molecule is Cc1cccc(C(=O)c2cccc(Br)c2Cl)c1. The van der Waals surface area contributed by atoms with Gasteiger partial charge in [-0.1, -0.05) is 41.4 Å². The highest BCUT2D eigenvalue weighted by Gasteiger charge is 2.14. The Labute approximate surface area is 114 Å². The Morgan fingerprint density at radius 1 is 1.18 bits per heavy atom. The van der Waals surface area contributed by atoms with Crippen LogP contribution in [0.3, 0.4) is 0 Å². The van der Waals surface area contributed by atoms with E-state index in [0.29, 0.717) is 16.1 Å². The Bertz CT molecular complexity index is 578. The van der Waals surface area contributed by atoms with Crippen LogP contribution >= 0.6 is 27.5 Å². The largest absolute Gasteiger partial charge is 0.289 e. The monoisotopic (exact) mass is 308 g/mol. The van der Waals surface area contributed by atoms with E-state index >= 15 is 0 Å². The van der Waals surface area contributed by atoms with Crippen molar-refractivity contribution < 1.29 is 4.79 Å². The first-order valence-electron chi connectivity index (χ1n) is 5.15. The summed E-state index contributed by atoms with van der Waals surface area (Å²) in [6, 6.07) is 12.8. The highest BCUT2D eigenvalue weighted by molar-refractivity contribution is 9.10. The Balaban J connectivity index is 2.48. The van der Waals surface area contributed by atoms with Crippen molar-refractivity contribution in [3.05, 3.63) is 68.7 Å². The Kier molecular flexibility index (Phi) is 3.65. The Morgan fingerprint density at radius 3 is 2.59 bits per heavy atom. The van der Waals surface area contributed by atoms with Crippen LogP contribution in [-0.2, 0) is 0 Å². The molecule has 0 aliphatic heterocycles. The van der Waals surface area contributed by atoms with Crippen molar-refractivity contribution in [1.29, 1.82) is 0 Å². The minimum absolute atomic E-state index is 0.0556. The van der Waals surface area contributed by atoms with Crippen molar-refractivity contribution in [2.45, 2.75) is 6.92 Å². The lowest BCUT2D eigenvalue weighted by molar-refractivity contribution is 0.103. The van der Waals surface area contributed by atoms with Gasteiger partial charge in [0.2, 0.25) is 0 Å². The normalized spacial score (nSPS) is 10.3. The lowest BCUT2D eigenvalue weighted by Gasteiger charge is -2.05. The quantitative estimate of drug-likeness (QED) is 0.738. The maximum Gasteiger partial charge on any atom is 0.194 e. The summed E-state index contributed by atoms with van der Waals surface area (Å²) in [5, 5.41) is 0.457. The van der Waals surface area contributed by atoms with Crippen LogP contribution in [0.2, 0.25) is 5.02 Å². The molecule has 0 heterocycles. The number of ketones is 1. The van der Waals surface area contributed by atoms with Gasteiger partial charge in [0.25, 0.3) is 0 Å². The third-order valence-corrected chi connectivity index (χ3v) is 3.77. The van der Waals surface area contributed by atoms with E-state index in [2.05, 4.69) is 15.9 Å². The minimum Gasteiger partial charge on any atom is -0.289 e. The molecule has 0 aromatic heterocycles. The van der Waals surface area contributed by atoms with E-state index in [-0.39, 0.29) is 5.78 Å². The van der Waals surface area contributed by atoms with E-state index in [1.807, 2.05) is 31.2 Å². The molecule has 1 nitrogen and oxygen atoms in total. The van der Waals surface area contributed by atoms with E-state index in [9.17, 15) is 4.79 Å². The highest BCUT2D eigenvalue weighted by atomic mass is 79.9. The highest BCUT2D eigenvalue weighted by Crippen LogP contribution is 2.27. The molecule has 2 aromatic rings. The van der Waals surface area contributed by atoms with Crippen molar-refractivity contribution in [1.82, 2.24) is 0 Å². The molecule has 0 radical (unpaired) electrons. The fraction of sp³-hybridized carbons (Fsp3) is 0.0714. The molecule has 0 N–H and O–H groups in total. The molecule has 3 heteroatoms. The van der Waals surface area contributed by atoms with Gasteiger partial charge in [-0.2, -0.15) is 0 Å². The molecule has 0 saturated heterocycles. The van der Waals surface area contributed by atoms with Crippen molar-refractivity contribution >= 4 is 33.3 Å². The molecular formula is C14H10BrClO. The lowest BCUT2D eigenvalue weighted by Crippen LogP contribution is -2.02. The molecule has 0 bridgehead atoms. The van der Waals surface area contributed by atoms with Crippen LogP contribution in [0.5, 0.6) is 0 Å². The summed E-state index contributed by atoms with van der Waals surface area (Å²) in [7, 11) is 0. The standard InChI is InChI=1S/C14H10BrClO/c1-9-4-2-5-10(8-9)14(17)11-6-3-7-12(15)13(11)16/h2-8H,1H3. The van der Waals surface area contributed by atoms with Crippen LogP contribution in [0.1, 0.15) is 21.5 Å². The number of hydrogen-bond donors (Lipinski definition) is 0. The molecule has 0 saturated carbocycles. The molecule has 17 heavy (non-hydrogen) atoms. The van der Waals surface area contributed by atoms with Gasteiger partial charge in [-0.25, -0.2) is 0 Å². The molecule has 0 aliphatic carbocycles. The second-order valence-corrected chi connectivity index (χ2v) is 5.03. The van der Waals surface area contributed by atoms with Gasteiger partial charge in [0.1, 0.15) is 0 Å². The van der Waals surface area contributed by atoms with Gasteiger partial charge in [0.05, 0.1) is 5.02 Å². The molecular weight excluding hydrogens is 300 g/mol. The molecule has 2 rings (SSSR count). The molecule has 2 aromatic carbocycles. The van der Waals surface area contributed by atoms with E-state index in [1.165, 1.54) is 0 Å². The predicted octanol–water partition coefficient (Wildman–Crippen LogP) is 4.64. The number of benzene rings is 2. The molecule has 0 unspecified atom stereocenters. The molecule has 0 spiro atoms. The fourth-order valence-electron chi connectivity index (χ4n) is 1.62. The van der Waals surface area contributed by atoms with Gasteiger partial charge < -0.3 is 0 Å². The first kappa shape index (κ1) is 12.3. The van der Waals surface area contributed by atoms with Gasteiger partial charge >= 0.3 is 0 Å². The summed E-state index contributed by atoms with van der Waals surface area (Å²) >= 11 is 9.43. The lowest BCUT2D eigenvalue weighted by atomic mass is 10.0. The van der Waals surface area contributed by atoms with Crippen LogP contribution in [0.4, 0.5) is 0 Å². The maximum absolute atomic E-state index is 12.3. The summed E-state index contributed by atoms with van der Waals surface area (Å²) in [5.74, 6) is -0.0556. The van der Waals surface area contributed by atoms with Crippen LogP contribution < -0.4 is 0 Å². The average molecular weight is 310 g/mol. The number of aryl methyl sites for hydroxylation is 1. The summed E-state index contributed by atoms with van der Waals surface area (Å²) in [6.45, 7) is 1.96. The zero-order chi connectivity index (χ0) is 12.4. The number of carbonyl (C=O) groups excluding carboxylic acids is 1. The zero-order valence-corrected chi connectivity index (χ0v) is 11.5. The topological polar surface area (TPSA) is 17.1 Å². The van der Waals surface area contributed by atoms with E-state index in [4.69, 9.17) is 11.6 Å². The molecule has 0 atom stereocenters. The number of hydrogen-bond acceptors (Lipinski definition) is 1. The third kappa shape index (κ3) is 2.59. The van der Waals surface area contributed by atoms with Gasteiger partial charge in [-0.15, -0.1) is 0 Å². The summed E-state index contributed by atoms with van der Waals surface area (Å²) in [4.78, 5) is 12.3. The van der Waals surface area contributed by atoms with Gasteiger partial charge in [0.15, 0.2) is 5.78 Å². The van der Waals surface area contributed by atoms with Crippen molar-refractivity contribution in [2.24, 2.45) is 0 Å². The maximum atomic E-state index is 12.3. The fourth-order valence-corrected chi connectivity index (χ4v) is 2.20. The second kappa shape index (κ2) is 5.03. The van der Waals surface area contributed by atoms with Gasteiger partial charge in [0, 0.05) is 15.6 Å². The zero-order valence-electron chi connectivity index (χ0n) is 9.21. The summed E-state index contributed by atoms with van der Waals surface area (Å²) in [5.41, 5.74) is 2.23. The van der Waals surface area contributed by atoms with Crippen LogP contribution in [0.15, 0.2) is 46.9 Å². The van der Waals surface area contributed by atoms with Crippen LogP contribution in [0, 0.1) is 6.92 Å². The van der Waals surface area contributed by atoms with Gasteiger partial charge in [-0.3, -0.25) is 4.79 Å². The first-order chi connectivity index (χ1) is 8.09. The van der Waals surface area contributed by atoms with E-state index in [1.54, 1.807) is 18.2 Å². The molecule has 86 valence electrons. The van der Waals surface area contributed by atoms with Crippen LogP contribution in [0.25, 0.3) is 0 Å². The predicted molar refractivity (Wildman–Crippen MR) is 73.8 cm³/mol. The molecule has 0 amide bonds. The summed E-state index contributed by atoms with van der Waals surface area (Å²) in [6.07, 6.45) is 0. The third-order valence-electron chi connectivity index (χ3n) is 2.48. The van der Waals surface area contributed by atoms with E-state index in [0.717, 1.165) is 10.0 Å². The van der Waals surface area contributed by atoms with Gasteiger partial charge in [-0.05, 0) is 41.1 Å². The smallest absolute Gasteiger partial charge is 0.194 e. The van der Waals surface area contributed by atoms with Crippen molar-refractivity contribution in [3.8, 4) is 0 Å². The minimum atomic E-state index is -0.0556. The first-order valence-corrected chi connectivity index (χ1v) is 6.32. The molecule has 0 aliphatic rings. The number of rotatable bonds is 2. The Morgan fingerprint density at radius 2 is 1.88 bits per heavy atom. The van der Waals surface area contributed by atoms with Crippen molar-refractivity contribution in [2.75, 3.05) is 0 Å². The Hall–Kier alpha value is -1.12. The van der Waals surface area contributed by atoms with Crippen molar-refractivity contribution in [3.63, 3.8) is 0 Å².